The number of amides is 1. The second-order valence-electron chi connectivity index (χ2n) is 3.50. The Hall–Kier alpha value is -1.82. The zero-order chi connectivity index (χ0) is 13.4. The van der Waals surface area contributed by atoms with Crippen molar-refractivity contribution in [3.8, 4) is 0 Å². The Balaban J connectivity index is 2.65. The van der Waals surface area contributed by atoms with Gasteiger partial charge in [0.15, 0.2) is 5.76 Å². The number of rotatable bonds is 7. The van der Waals surface area contributed by atoms with Crippen LogP contribution in [0.5, 0.6) is 0 Å². The molecule has 0 aromatic carbocycles. The largest absolute Gasteiger partial charge is 0.465 e. The van der Waals surface area contributed by atoms with E-state index in [9.17, 15) is 9.59 Å². The van der Waals surface area contributed by atoms with Crippen molar-refractivity contribution in [3.05, 3.63) is 24.2 Å². The summed E-state index contributed by atoms with van der Waals surface area (Å²) in [5.74, 6) is -0.617. The molecule has 6 heteroatoms. The van der Waals surface area contributed by atoms with Crippen LogP contribution in [0.15, 0.2) is 22.8 Å². The first-order chi connectivity index (χ1) is 8.69. The number of nitrogens with zero attached hydrogens (tertiary/aromatic N) is 1. The molecule has 18 heavy (non-hydrogen) atoms. The Morgan fingerprint density at radius 3 is 2.78 bits per heavy atom. The average molecular weight is 255 g/mol. The maximum atomic E-state index is 12.0. The van der Waals surface area contributed by atoms with Crippen molar-refractivity contribution < 1.29 is 23.5 Å². The fourth-order valence-corrected chi connectivity index (χ4v) is 1.37. The van der Waals surface area contributed by atoms with Gasteiger partial charge in [-0.2, -0.15) is 0 Å². The van der Waals surface area contributed by atoms with Crippen molar-refractivity contribution in [2.24, 2.45) is 0 Å². The lowest BCUT2D eigenvalue weighted by molar-refractivity contribution is -0.143. The molecule has 0 saturated heterocycles. The summed E-state index contributed by atoms with van der Waals surface area (Å²) in [5.41, 5.74) is 0. The maximum Gasteiger partial charge on any atom is 0.325 e. The molecule has 0 fully saturated rings. The van der Waals surface area contributed by atoms with Gasteiger partial charge < -0.3 is 18.8 Å². The van der Waals surface area contributed by atoms with Crippen LogP contribution >= 0.6 is 0 Å². The Morgan fingerprint density at radius 2 is 2.22 bits per heavy atom. The third-order valence-electron chi connectivity index (χ3n) is 2.21. The minimum Gasteiger partial charge on any atom is -0.465 e. The fraction of sp³-hybridized carbons (Fsp3) is 0.500. The first-order valence-corrected chi connectivity index (χ1v) is 5.66. The van der Waals surface area contributed by atoms with E-state index in [2.05, 4.69) is 0 Å². The van der Waals surface area contributed by atoms with E-state index in [4.69, 9.17) is 13.9 Å². The Kier molecular flexibility index (Phi) is 5.93. The van der Waals surface area contributed by atoms with Crippen molar-refractivity contribution in [2.45, 2.75) is 6.92 Å². The minimum atomic E-state index is -0.450. The molecule has 1 heterocycles. The lowest BCUT2D eigenvalue weighted by Gasteiger charge is -2.20. The Morgan fingerprint density at radius 1 is 1.44 bits per heavy atom. The van der Waals surface area contributed by atoms with Crippen LogP contribution in [0.25, 0.3) is 0 Å². The topological polar surface area (TPSA) is 69.0 Å². The van der Waals surface area contributed by atoms with Crippen molar-refractivity contribution >= 4 is 11.9 Å². The van der Waals surface area contributed by atoms with Crippen LogP contribution in [-0.4, -0.2) is 50.2 Å². The molecule has 1 aromatic heterocycles. The van der Waals surface area contributed by atoms with Crippen LogP contribution in [0, 0.1) is 0 Å². The van der Waals surface area contributed by atoms with E-state index in [0.29, 0.717) is 13.2 Å². The van der Waals surface area contributed by atoms with E-state index in [1.807, 2.05) is 0 Å². The normalized spacial score (nSPS) is 10.1. The number of hydrogen-bond donors (Lipinski definition) is 0. The molecule has 100 valence electrons. The molecule has 0 aliphatic carbocycles. The monoisotopic (exact) mass is 255 g/mol. The van der Waals surface area contributed by atoms with Crippen LogP contribution in [0.1, 0.15) is 17.5 Å². The predicted molar refractivity (Wildman–Crippen MR) is 63.1 cm³/mol. The number of methoxy groups -OCH3 is 1. The molecule has 0 bridgehead atoms. The summed E-state index contributed by atoms with van der Waals surface area (Å²) >= 11 is 0. The van der Waals surface area contributed by atoms with Gasteiger partial charge in [0.25, 0.3) is 5.91 Å². The molecule has 0 atom stereocenters. The van der Waals surface area contributed by atoms with Crippen molar-refractivity contribution in [1.29, 1.82) is 0 Å². The minimum absolute atomic E-state index is 0.114. The molecule has 1 amide bonds. The third kappa shape index (κ3) is 4.21. The highest BCUT2D eigenvalue weighted by Crippen LogP contribution is 2.06. The number of furan rings is 1. The first-order valence-electron chi connectivity index (χ1n) is 5.66. The van der Waals surface area contributed by atoms with E-state index >= 15 is 0 Å². The van der Waals surface area contributed by atoms with Gasteiger partial charge >= 0.3 is 5.97 Å². The third-order valence-corrected chi connectivity index (χ3v) is 2.21. The average Bonchev–Trinajstić information content (AvgIpc) is 2.87. The summed E-state index contributed by atoms with van der Waals surface area (Å²) in [6.07, 6.45) is 1.41. The maximum absolute atomic E-state index is 12.0. The van der Waals surface area contributed by atoms with Gasteiger partial charge in [-0.15, -0.1) is 0 Å². The summed E-state index contributed by atoms with van der Waals surface area (Å²) in [6, 6.07) is 3.17. The zero-order valence-electron chi connectivity index (χ0n) is 10.5. The van der Waals surface area contributed by atoms with Crippen molar-refractivity contribution in [2.75, 3.05) is 33.4 Å². The molecule has 0 aliphatic heterocycles. The molecular weight excluding hydrogens is 238 g/mol. The molecule has 0 radical (unpaired) electrons. The lowest BCUT2D eigenvalue weighted by atomic mass is 10.3. The Bertz CT molecular complexity index is 374. The highest BCUT2D eigenvalue weighted by Gasteiger charge is 2.21. The van der Waals surface area contributed by atoms with Gasteiger partial charge in [0, 0.05) is 13.7 Å². The predicted octanol–water partition coefficient (Wildman–Crippen LogP) is 0.931. The first kappa shape index (κ1) is 14.2. The second-order valence-corrected chi connectivity index (χ2v) is 3.50. The molecule has 0 unspecified atom stereocenters. The van der Waals surface area contributed by atoms with Gasteiger partial charge in [0.05, 0.1) is 19.5 Å². The van der Waals surface area contributed by atoms with Gasteiger partial charge in [0.2, 0.25) is 0 Å². The zero-order valence-corrected chi connectivity index (χ0v) is 10.5. The van der Waals surface area contributed by atoms with Gasteiger partial charge in [0.1, 0.15) is 6.54 Å². The number of esters is 1. The van der Waals surface area contributed by atoms with Crippen LogP contribution in [0.2, 0.25) is 0 Å². The number of carbonyl (C=O) groups is 2. The standard InChI is InChI=1S/C12H17NO5/c1-3-17-11(14)9-13(6-8-16-2)12(15)10-5-4-7-18-10/h4-5,7H,3,6,8-9H2,1-2H3. The van der Waals surface area contributed by atoms with Crippen LogP contribution < -0.4 is 0 Å². The van der Waals surface area contributed by atoms with Gasteiger partial charge in [-0.25, -0.2) is 0 Å². The molecule has 0 N–H and O–H groups in total. The van der Waals surface area contributed by atoms with Crippen molar-refractivity contribution in [3.63, 3.8) is 0 Å². The molecule has 6 nitrogen and oxygen atoms in total. The lowest BCUT2D eigenvalue weighted by Crippen LogP contribution is -2.38. The molecule has 0 saturated carbocycles. The van der Waals surface area contributed by atoms with E-state index < -0.39 is 5.97 Å². The number of carbonyl (C=O) groups excluding carboxylic acids is 2. The van der Waals surface area contributed by atoms with Crippen LogP contribution in [0.3, 0.4) is 0 Å². The summed E-state index contributed by atoms with van der Waals surface area (Å²) in [6.45, 7) is 2.52. The van der Waals surface area contributed by atoms with Crippen LogP contribution in [-0.2, 0) is 14.3 Å². The Labute approximate surface area is 105 Å². The molecular formula is C12H17NO5. The molecule has 1 rings (SSSR count). The number of ether oxygens (including phenoxy) is 2. The molecule has 0 aliphatic rings. The fourth-order valence-electron chi connectivity index (χ4n) is 1.37. The molecule has 0 spiro atoms. The van der Waals surface area contributed by atoms with Gasteiger partial charge in [-0.3, -0.25) is 9.59 Å². The van der Waals surface area contributed by atoms with Gasteiger partial charge in [-0.05, 0) is 19.1 Å². The van der Waals surface area contributed by atoms with Crippen LogP contribution in [0.4, 0.5) is 0 Å². The van der Waals surface area contributed by atoms with E-state index in [0.717, 1.165) is 0 Å². The second kappa shape index (κ2) is 7.50. The summed E-state index contributed by atoms with van der Waals surface area (Å²) in [4.78, 5) is 24.8. The highest BCUT2D eigenvalue weighted by molar-refractivity contribution is 5.93. The SMILES string of the molecule is CCOC(=O)CN(CCOC)C(=O)c1ccco1. The van der Waals surface area contributed by atoms with E-state index in [-0.39, 0.29) is 24.8 Å². The molecule has 1 aromatic rings. The summed E-state index contributed by atoms with van der Waals surface area (Å²) < 4.78 is 14.7. The summed E-state index contributed by atoms with van der Waals surface area (Å²) in [7, 11) is 1.53. The smallest absolute Gasteiger partial charge is 0.325 e. The number of hydrogen-bond acceptors (Lipinski definition) is 5. The highest BCUT2D eigenvalue weighted by atomic mass is 16.5. The van der Waals surface area contributed by atoms with Gasteiger partial charge in [-0.1, -0.05) is 0 Å². The van der Waals surface area contributed by atoms with Crippen molar-refractivity contribution in [1.82, 2.24) is 4.90 Å². The quantitative estimate of drug-likeness (QED) is 0.678. The summed E-state index contributed by atoms with van der Waals surface area (Å²) in [5, 5.41) is 0. The van der Waals surface area contributed by atoms with E-state index in [1.54, 1.807) is 19.1 Å². The van der Waals surface area contributed by atoms with E-state index in [1.165, 1.54) is 18.3 Å².